The van der Waals surface area contributed by atoms with Crippen LogP contribution in [0.15, 0.2) is 52.1 Å². The lowest BCUT2D eigenvalue weighted by molar-refractivity contribution is 0.0767. The number of imidazole rings is 1. The second kappa shape index (κ2) is 7.99. The maximum absolute atomic E-state index is 13.2. The average Bonchev–Trinajstić information content (AvgIpc) is 3.08. The summed E-state index contributed by atoms with van der Waals surface area (Å²) in [7, 11) is 0. The minimum Gasteiger partial charge on any atom is -0.341 e. The van der Waals surface area contributed by atoms with Crippen molar-refractivity contribution in [1.29, 1.82) is 0 Å². The lowest BCUT2D eigenvalue weighted by Crippen LogP contribution is -2.37. The van der Waals surface area contributed by atoms with Crippen molar-refractivity contribution in [3.05, 3.63) is 68.7 Å². The first-order valence-corrected chi connectivity index (χ1v) is 10.8. The van der Waals surface area contributed by atoms with Gasteiger partial charge in [-0.1, -0.05) is 12.1 Å². The third-order valence-corrected chi connectivity index (χ3v) is 6.00. The fourth-order valence-electron chi connectivity index (χ4n) is 4.33. The van der Waals surface area contributed by atoms with E-state index in [0.717, 1.165) is 29.9 Å². The van der Waals surface area contributed by atoms with Crippen LogP contribution in [0.1, 0.15) is 23.7 Å². The molecular weight excluding hydrogens is 408 g/mol. The number of hydrogen-bond donors (Lipinski definition) is 2. The summed E-state index contributed by atoms with van der Waals surface area (Å²) in [5.74, 6) is 0.731. The zero-order chi connectivity index (χ0) is 22.2. The molecule has 3 heterocycles. The van der Waals surface area contributed by atoms with E-state index in [9.17, 15) is 14.4 Å². The predicted octanol–water partition coefficient (Wildman–Crippen LogP) is 1.94. The molecule has 4 aromatic rings. The van der Waals surface area contributed by atoms with E-state index in [4.69, 9.17) is 0 Å². The van der Waals surface area contributed by atoms with Gasteiger partial charge in [-0.3, -0.25) is 14.4 Å². The van der Waals surface area contributed by atoms with Crippen LogP contribution in [-0.4, -0.2) is 56.5 Å². The van der Waals surface area contributed by atoms with E-state index in [0.29, 0.717) is 42.8 Å². The van der Waals surface area contributed by atoms with Crippen LogP contribution in [-0.2, 0) is 6.54 Å². The smallest absolute Gasteiger partial charge is 0.316 e. The molecule has 0 aliphatic carbocycles. The van der Waals surface area contributed by atoms with Gasteiger partial charge in [0.15, 0.2) is 0 Å². The fourth-order valence-corrected chi connectivity index (χ4v) is 4.33. The Labute approximate surface area is 183 Å². The molecule has 32 heavy (non-hydrogen) atoms. The number of aryl methyl sites for hydroxylation is 1. The van der Waals surface area contributed by atoms with Crippen molar-refractivity contribution < 1.29 is 4.79 Å². The number of hydrogen-bond acceptors (Lipinski definition) is 5. The molecule has 1 aliphatic rings. The number of amides is 1. The van der Waals surface area contributed by atoms with Gasteiger partial charge in [0.25, 0.3) is 5.91 Å². The summed E-state index contributed by atoms with van der Waals surface area (Å²) in [5, 5.41) is 0. The Morgan fingerprint density at radius 1 is 1.00 bits per heavy atom. The summed E-state index contributed by atoms with van der Waals surface area (Å²) in [6.45, 7) is 4.88. The molecule has 164 valence electrons. The van der Waals surface area contributed by atoms with E-state index < -0.39 is 11.1 Å². The standard InChI is InChI=1S/C23H24N6O3/c1-2-29-19-9-8-15(14-18(19)24-20(30)22(29)32)21(31)27-10-5-11-28(13-12-27)23-25-16-6-3-4-7-17(16)26-23/h3-4,6-9,14H,2,5,10-13H2,1H3,(H,24,30)(H,25,26). The first-order valence-electron chi connectivity index (χ1n) is 10.8. The summed E-state index contributed by atoms with van der Waals surface area (Å²) in [6.07, 6.45) is 0.822. The summed E-state index contributed by atoms with van der Waals surface area (Å²) < 4.78 is 1.42. The maximum Gasteiger partial charge on any atom is 0.316 e. The van der Waals surface area contributed by atoms with Crippen LogP contribution in [0.2, 0.25) is 0 Å². The van der Waals surface area contributed by atoms with Crippen molar-refractivity contribution in [2.24, 2.45) is 0 Å². The number of aromatic amines is 2. The largest absolute Gasteiger partial charge is 0.341 e. The van der Waals surface area contributed by atoms with Gasteiger partial charge < -0.3 is 24.3 Å². The number of nitrogens with one attached hydrogen (secondary N) is 2. The fraction of sp³-hybridized carbons (Fsp3) is 0.304. The molecular formula is C23H24N6O3. The Morgan fingerprint density at radius 3 is 2.66 bits per heavy atom. The van der Waals surface area contributed by atoms with Crippen LogP contribution < -0.4 is 16.0 Å². The number of benzene rings is 2. The van der Waals surface area contributed by atoms with E-state index in [2.05, 4.69) is 19.9 Å². The van der Waals surface area contributed by atoms with E-state index in [1.807, 2.05) is 36.1 Å². The van der Waals surface area contributed by atoms with Crippen molar-refractivity contribution in [2.45, 2.75) is 19.9 Å². The maximum atomic E-state index is 13.2. The van der Waals surface area contributed by atoms with Crippen molar-refractivity contribution in [3.63, 3.8) is 0 Å². The van der Waals surface area contributed by atoms with Gasteiger partial charge >= 0.3 is 11.1 Å². The molecule has 2 aromatic heterocycles. The highest BCUT2D eigenvalue weighted by Gasteiger charge is 2.22. The molecule has 9 heteroatoms. The average molecular weight is 432 g/mol. The Kier molecular flexibility index (Phi) is 5.01. The lowest BCUT2D eigenvalue weighted by atomic mass is 10.1. The number of carbonyl (C=O) groups excluding carboxylic acids is 1. The summed E-state index contributed by atoms with van der Waals surface area (Å²) >= 11 is 0. The van der Waals surface area contributed by atoms with Gasteiger partial charge in [-0.25, -0.2) is 4.98 Å². The van der Waals surface area contributed by atoms with Gasteiger partial charge in [0, 0.05) is 38.3 Å². The highest BCUT2D eigenvalue weighted by molar-refractivity contribution is 5.97. The van der Waals surface area contributed by atoms with Crippen molar-refractivity contribution >= 4 is 33.9 Å². The Balaban J connectivity index is 1.37. The van der Waals surface area contributed by atoms with Gasteiger partial charge in [-0.15, -0.1) is 0 Å². The molecule has 1 aliphatic heterocycles. The molecule has 1 amide bonds. The number of anilines is 1. The molecule has 0 saturated carbocycles. The minimum atomic E-state index is -0.680. The summed E-state index contributed by atoms with van der Waals surface area (Å²) in [4.78, 5) is 51.9. The van der Waals surface area contributed by atoms with Crippen molar-refractivity contribution in [2.75, 3.05) is 31.1 Å². The van der Waals surface area contributed by atoms with Crippen LogP contribution in [0.25, 0.3) is 22.1 Å². The summed E-state index contributed by atoms with van der Waals surface area (Å²) in [5.41, 5.74) is 2.25. The van der Waals surface area contributed by atoms with Gasteiger partial charge in [0.2, 0.25) is 5.95 Å². The van der Waals surface area contributed by atoms with Gasteiger partial charge in [0.1, 0.15) is 0 Å². The molecule has 1 fully saturated rings. The van der Waals surface area contributed by atoms with Gasteiger partial charge in [-0.2, -0.15) is 0 Å². The zero-order valence-corrected chi connectivity index (χ0v) is 17.8. The third kappa shape index (κ3) is 3.45. The Hall–Kier alpha value is -3.88. The Morgan fingerprint density at radius 2 is 1.84 bits per heavy atom. The summed E-state index contributed by atoms with van der Waals surface area (Å²) in [6, 6.07) is 13.0. The van der Waals surface area contributed by atoms with Crippen LogP contribution in [0, 0.1) is 0 Å². The van der Waals surface area contributed by atoms with E-state index >= 15 is 0 Å². The molecule has 2 N–H and O–H groups in total. The molecule has 0 radical (unpaired) electrons. The molecule has 1 saturated heterocycles. The molecule has 0 spiro atoms. The predicted molar refractivity (Wildman–Crippen MR) is 123 cm³/mol. The van der Waals surface area contributed by atoms with Crippen LogP contribution in [0.4, 0.5) is 5.95 Å². The van der Waals surface area contributed by atoms with Gasteiger partial charge in [-0.05, 0) is 43.7 Å². The second-order valence-corrected chi connectivity index (χ2v) is 7.95. The third-order valence-electron chi connectivity index (χ3n) is 6.00. The van der Waals surface area contributed by atoms with E-state index in [1.54, 1.807) is 18.2 Å². The van der Waals surface area contributed by atoms with Crippen LogP contribution in [0.3, 0.4) is 0 Å². The topological polar surface area (TPSA) is 107 Å². The highest BCUT2D eigenvalue weighted by Crippen LogP contribution is 2.20. The second-order valence-electron chi connectivity index (χ2n) is 7.95. The van der Waals surface area contributed by atoms with E-state index in [-0.39, 0.29) is 5.91 Å². The normalized spacial score (nSPS) is 14.8. The Bertz CT molecular complexity index is 1400. The quantitative estimate of drug-likeness (QED) is 0.481. The minimum absolute atomic E-state index is 0.0894. The van der Waals surface area contributed by atoms with Crippen molar-refractivity contribution in [3.8, 4) is 0 Å². The van der Waals surface area contributed by atoms with Crippen LogP contribution in [0.5, 0.6) is 0 Å². The molecule has 0 atom stereocenters. The number of H-pyrrole nitrogens is 2. The lowest BCUT2D eigenvalue weighted by Gasteiger charge is -2.22. The number of fused-ring (bicyclic) bond motifs is 2. The monoisotopic (exact) mass is 432 g/mol. The van der Waals surface area contributed by atoms with Crippen molar-refractivity contribution in [1.82, 2.24) is 24.4 Å². The molecule has 0 bridgehead atoms. The number of aromatic nitrogens is 4. The first-order chi connectivity index (χ1) is 15.5. The number of carbonyl (C=O) groups is 1. The highest BCUT2D eigenvalue weighted by atomic mass is 16.2. The SMILES string of the molecule is CCn1c(=O)c(=O)[nH]c2cc(C(=O)N3CCCN(c4nc5ccccc5[nH]4)CC3)ccc21. The van der Waals surface area contributed by atoms with E-state index in [1.165, 1.54) is 4.57 Å². The number of nitrogens with zero attached hydrogens (tertiary/aromatic N) is 4. The molecule has 9 nitrogen and oxygen atoms in total. The van der Waals surface area contributed by atoms with Crippen LogP contribution >= 0.6 is 0 Å². The molecule has 2 aromatic carbocycles. The van der Waals surface area contributed by atoms with Gasteiger partial charge in [0.05, 0.1) is 22.1 Å². The first kappa shape index (κ1) is 20.0. The zero-order valence-electron chi connectivity index (χ0n) is 17.8. The number of rotatable bonds is 3. The number of para-hydroxylation sites is 2. The molecule has 5 rings (SSSR count). The molecule has 0 unspecified atom stereocenters.